The SMILES string of the molecule is COc1cc(C(=O)Nc2ccc(-n3cc(Br)cn3)nc2)cc2c1OCCCO2. The van der Waals surface area contributed by atoms with Crippen molar-refractivity contribution in [1.29, 1.82) is 0 Å². The van der Waals surface area contributed by atoms with Crippen LogP contribution in [0.5, 0.6) is 17.2 Å². The van der Waals surface area contributed by atoms with Crippen molar-refractivity contribution in [3.8, 4) is 23.1 Å². The molecule has 144 valence electrons. The van der Waals surface area contributed by atoms with Crippen molar-refractivity contribution in [2.45, 2.75) is 6.42 Å². The fourth-order valence-corrected chi connectivity index (χ4v) is 3.03. The molecule has 0 saturated carbocycles. The number of anilines is 1. The van der Waals surface area contributed by atoms with E-state index in [0.29, 0.717) is 47.5 Å². The van der Waals surface area contributed by atoms with Crippen LogP contribution in [0.1, 0.15) is 16.8 Å². The van der Waals surface area contributed by atoms with Crippen molar-refractivity contribution in [3.05, 3.63) is 52.9 Å². The van der Waals surface area contributed by atoms with Gasteiger partial charge in [0.25, 0.3) is 5.91 Å². The minimum atomic E-state index is -0.301. The van der Waals surface area contributed by atoms with Crippen molar-refractivity contribution < 1.29 is 19.0 Å². The molecule has 1 aliphatic rings. The summed E-state index contributed by atoms with van der Waals surface area (Å²) in [7, 11) is 1.53. The summed E-state index contributed by atoms with van der Waals surface area (Å²) in [6.45, 7) is 1.07. The number of halogens is 1. The first kappa shape index (κ1) is 18.3. The number of hydrogen-bond donors (Lipinski definition) is 1. The zero-order valence-corrected chi connectivity index (χ0v) is 16.6. The van der Waals surface area contributed by atoms with Crippen LogP contribution >= 0.6 is 15.9 Å². The Labute approximate surface area is 169 Å². The zero-order chi connectivity index (χ0) is 19.5. The fraction of sp³-hybridized carbons (Fsp3) is 0.211. The molecule has 0 unspecified atom stereocenters. The van der Waals surface area contributed by atoms with E-state index < -0.39 is 0 Å². The summed E-state index contributed by atoms with van der Waals surface area (Å²) in [6, 6.07) is 6.81. The number of nitrogens with one attached hydrogen (secondary N) is 1. The Hall–Kier alpha value is -3.07. The van der Waals surface area contributed by atoms with Crippen LogP contribution in [0.3, 0.4) is 0 Å². The Balaban J connectivity index is 1.54. The first-order chi connectivity index (χ1) is 13.6. The van der Waals surface area contributed by atoms with E-state index in [4.69, 9.17) is 14.2 Å². The summed E-state index contributed by atoms with van der Waals surface area (Å²) >= 11 is 3.35. The van der Waals surface area contributed by atoms with Crippen LogP contribution in [0.25, 0.3) is 5.82 Å². The smallest absolute Gasteiger partial charge is 0.255 e. The first-order valence-corrected chi connectivity index (χ1v) is 9.39. The molecule has 8 nitrogen and oxygen atoms in total. The fourth-order valence-electron chi connectivity index (χ4n) is 2.75. The summed E-state index contributed by atoms with van der Waals surface area (Å²) in [5, 5.41) is 7.00. The molecular weight excluding hydrogens is 428 g/mol. The van der Waals surface area contributed by atoms with Crippen molar-refractivity contribution in [2.24, 2.45) is 0 Å². The molecule has 1 aliphatic heterocycles. The van der Waals surface area contributed by atoms with E-state index in [1.807, 2.05) is 0 Å². The number of fused-ring (bicyclic) bond motifs is 1. The number of benzene rings is 1. The van der Waals surface area contributed by atoms with Crippen LogP contribution in [0.2, 0.25) is 0 Å². The highest BCUT2D eigenvalue weighted by Gasteiger charge is 2.20. The minimum Gasteiger partial charge on any atom is -0.493 e. The lowest BCUT2D eigenvalue weighted by Gasteiger charge is -2.14. The summed E-state index contributed by atoms with van der Waals surface area (Å²) < 4.78 is 19.2. The Kier molecular flexibility index (Phi) is 5.16. The second-order valence-corrected chi connectivity index (χ2v) is 6.93. The van der Waals surface area contributed by atoms with Gasteiger partial charge in [0.2, 0.25) is 5.75 Å². The van der Waals surface area contributed by atoms with E-state index >= 15 is 0 Å². The Morgan fingerprint density at radius 3 is 2.82 bits per heavy atom. The summed E-state index contributed by atoms with van der Waals surface area (Å²) in [5.41, 5.74) is 0.965. The van der Waals surface area contributed by atoms with E-state index in [1.54, 1.807) is 47.5 Å². The van der Waals surface area contributed by atoms with E-state index in [-0.39, 0.29) is 5.91 Å². The highest BCUT2D eigenvalue weighted by atomic mass is 79.9. The van der Waals surface area contributed by atoms with Crippen molar-refractivity contribution >= 4 is 27.5 Å². The summed E-state index contributed by atoms with van der Waals surface area (Å²) in [5.74, 6) is 1.82. The standard InChI is InChI=1S/C19H17BrN4O4/c1-26-15-7-12(8-16-18(15)28-6-2-5-27-16)19(25)23-14-3-4-17(21-10-14)24-11-13(20)9-22-24/h3-4,7-11H,2,5-6H2,1H3,(H,23,25). The second kappa shape index (κ2) is 7.89. The average Bonchev–Trinajstić information content (AvgIpc) is 3.00. The largest absolute Gasteiger partial charge is 0.493 e. The lowest BCUT2D eigenvalue weighted by Crippen LogP contribution is -2.13. The van der Waals surface area contributed by atoms with Gasteiger partial charge in [-0.1, -0.05) is 0 Å². The minimum absolute atomic E-state index is 0.301. The number of aromatic nitrogens is 3. The highest BCUT2D eigenvalue weighted by molar-refractivity contribution is 9.10. The molecule has 0 radical (unpaired) electrons. The molecule has 1 amide bonds. The molecular formula is C19H17BrN4O4. The lowest BCUT2D eigenvalue weighted by atomic mass is 10.1. The third-order valence-corrected chi connectivity index (χ3v) is 4.50. The first-order valence-electron chi connectivity index (χ1n) is 8.59. The van der Waals surface area contributed by atoms with Crippen LogP contribution in [0.4, 0.5) is 5.69 Å². The molecule has 3 aromatic rings. The van der Waals surface area contributed by atoms with Gasteiger partial charge in [-0.3, -0.25) is 4.79 Å². The molecule has 28 heavy (non-hydrogen) atoms. The van der Waals surface area contributed by atoms with Gasteiger partial charge in [0.1, 0.15) is 0 Å². The van der Waals surface area contributed by atoms with Gasteiger partial charge in [-0.05, 0) is 40.2 Å². The Morgan fingerprint density at radius 1 is 1.25 bits per heavy atom. The lowest BCUT2D eigenvalue weighted by molar-refractivity contribution is 0.102. The van der Waals surface area contributed by atoms with Crippen molar-refractivity contribution in [2.75, 3.05) is 25.6 Å². The number of hydrogen-bond acceptors (Lipinski definition) is 6. The molecule has 9 heteroatoms. The van der Waals surface area contributed by atoms with Crippen molar-refractivity contribution in [3.63, 3.8) is 0 Å². The van der Waals surface area contributed by atoms with E-state index in [2.05, 4.69) is 31.3 Å². The molecule has 0 atom stereocenters. The molecule has 1 aromatic carbocycles. The van der Waals surface area contributed by atoms with E-state index in [9.17, 15) is 4.79 Å². The number of rotatable bonds is 4. The highest BCUT2D eigenvalue weighted by Crippen LogP contribution is 2.40. The van der Waals surface area contributed by atoms with Crippen LogP contribution in [0, 0.1) is 0 Å². The van der Waals surface area contributed by atoms with Gasteiger partial charge >= 0.3 is 0 Å². The molecule has 0 spiro atoms. The van der Waals surface area contributed by atoms with Gasteiger partial charge in [0.15, 0.2) is 17.3 Å². The van der Waals surface area contributed by atoms with Gasteiger partial charge in [-0.25, -0.2) is 9.67 Å². The summed E-state index contributed by atoms with van der Waals surface area (Å²) in [4.78, 5) is 17.0. The zero-order valence-electron chi connectivity index (χ0n) is 15.0. The molecule has 4 rings (SSSR count). The van der Waals surface area contributed by atoms with Crippen LogP contribution in [-0.2, 0) is 0 Å². The number of pyridine rings is 1. The van der Waals surface area contributed by atoms with E-state index in [0.717, 1.165) is 10.9 Å². The van der Waals surface area contributed by atoms with Gasteiger partial charge in [-0.15, -0.1) is 0 Å². The number of carbonyl (C=O) groups excluding carboxylic acids is 1. The number of methoxy groups -OCH3 is 1. The number of nitrogens with zero attached hydrogens (tertiary/aromatic N) is 3. The van der Waals surface area contributed by atoms with Gasteiger partial charge in [0, 0.05) is 18.2 Å². The normalized spacial score (nSPS) is 12.9. The molecule has 0 bridgehead atoms. The molecule has 3 heterocycles. The quantitative estimate of drug-likeness (QED) is 0.662. The van der Waals surface area contributed by atoms with E-state index in [1.165, 1.54) is 7.11 Å². The van der Waals surface area contributed by atoms with Gasteiger partial charge in [-0.2, -0.15) is 5.10 Å². The maximum Gasteiger partial charge on any atom is 0.255 e. The topological polar surface area (TPSA) is 87.5 Å². The predicted molar refractivity (Wildman–Crippen MR) is 106 cm³/mol. The summed E-state index contributed by atoms with van der Waals surface area (Å²) in [6.07, 6.45) is 5.81. The number of ether oxygens (including phenoxy) is 3. The predicted octanol–water partition coefficient (Wildman–Crippen LogP) is 3.45. The van der Waals surface area contributed by atoms with Crippen LogP contribution < -0.4 is 19.5 Å². The maximum atomic E-state index is 12.7. The van der Waals surface area contributed by atoms with Crippen molar-refractivity contribution in [1.82, 2.24) is 14.8 Å². The maximum absolute atomic E-state index is 12.7. The number of amides is 1. The Morgan fingerprint density at radius 2 is 2.11 bits per heavy atom. The molecule has 0 aliphatic carbocycles. The monoisotopic (exact) mass is 444 g/mol. The second-order valence-electron chi connectivity index (χ2n) is 6.02. The third-order valence-electron chi connectivity index (χ3n) is 4.09. The third kappa shape index (κ3) is 3.79. The molecule has 1 N–H and O–H groups in total. The molecule has 0 fully saturated rings. The molecule has 2 aromatic heterocycles. The average molecular weight is 445 g/mol. The number of carbonyl (C=O) groups is 1. The Bertz CT molecular complexity index is 1000. The van der Waals surface area contributed by atoms with Crippen LogP contribution in [0.15, 0.2) is 47.3 Å². The van der Waals surface area contributed by atoms with Gasteiger partial charge < -0.3 is 19.5 Å². The van der Waals surface area contributed by atoms with Crippen LogP contribution in [-0.4, -0.2) is 41.0 Å². The van der Waals surface area contributed by atoms with Gasteiger partial charge in [0.05, 0.1) is 42.9 Å². The molecule has 0 saturated heterocycles.